The predicted molar refractivity (Wildman–Crippen MR) is 70.0 cm³/mol. The van der Waals surface area contributed by atoms with E-state index in [-0.39, 0.29) is 6.04 Å². The molecule has 0 aliphatic carbocycles. The van der Waals surface area contributed by atoms with Crippen LogP contribution >= 0.6 is 0 Å². The quantitative estimate of drug-likeness (QED) is 0.633. The molecular weight excluding hydrogens is 232 g/mol. The summed E-state index contributed by atoms with van der Waals surface area (Å²) in [6.45, 7) is 8.13. The van der Waals surface area contributed by atoms with E-state index >= 15 is 0 Å². The SMILES string of the molecule is CCC(C)NC(=O)C(=O)N1CCN(CCN)CC1. The highest BCUT2D eigenvalue weighted by atomic mass is 16.2. The third kappa shape index (κ3) is 4.27. The molecule has 0 bridgehead atoms. The van der Waals surface area contributed by atoms with Crippen molar-refractivity contribution in [2.75, 3.05) is 39.3 Å². The maximum absolute atomic E-state index is 11.9. The molecule has 1 fully saturated rings. The van der Waals surface area contributed by atoms with Crippen molar-refractivity contribution in [3.05, 3.63) is 0 Å². The minimum absolute atomic E-state index is 0.0416. The number of nitrogens with one attached hydrogen (secondary N) is 1. The molecule has 1 saturated heterocycles. The molecule has 0 radical (unpaired) electrons. The normalized spacial score (nSPS) is 18.5. The number of piperazine rings is 1. The summed E-state index contributed by atoms with van der Waals surface area (Å²) >= 11 is 0. The fourth-order valence-corrected chi connectivity index (χ4v) is 1.89. The lowest BCUT2D eigenvalue weighted by molar-refractivity contribution is -0.147. The van der Waals surface area contributed by atoms with Gasteiger partial charge in [0.25, 0.3) is 0 Å². The molecule has 0 saturated carbocycles. The molecule has 0 aromatic heterocycles. The highest BCUT2D eigenvalue weighted by Gasteiger charge is 2.26. The molecule has 3 N–H and O–H groups in total. The molecule has 1 atom stereocenters. The van der Waals surface area contributed by atoms with Crippen LogP contribution in [0, 0.1) is 0 Å². The number of carbonyl (C=O) groups is 2. The highest BCUT2D eigenvalue weighted by Crippen LogP contribution is 2.02. The van der Waals surface area contributed by atoms with E-state index in [0.29, 0.717) is 19.6 Å². The highest BCUT2D eigenvalue weighted by molar-refractivity contribution is 6.35. The number of nitrogens with zero attached hydrogens (tertiary/aromatic N) is 2. The molecule has 1 aliphatic heterocycles. The van der Waals surface area contributed by atoms with Crippen LogP contribution in [0.25, 0.3) is 0 Å². The van der Waals surface area contributed by atoms with Crippen molar-refractivity contribution < 1.29 is 9.59 Å². The van der Waals surface area contributed by atoms with Crippen LogP contribution in [-0.4, -0.2) is 66.9 Å². The average molecular weight is 256 g/mol. The summed E-state index contributed by atoms with van der Waals surface area (Å²) in [5, 5.41) is 2.70. The summed E-state index contributed by atoms with van der Waals surface area (Å²) in [5.41, 5.74) is 5.49. The Morgan fingerprint density at radius 2 is 1.89 bits per heavy atom. The van der Waals surface area contributed by atoms with E-state index in [1.54, 1.807) is 4.90 Å². The maximum atomic E-state index is 11.9. The van der Waals surface area contributed by atoms with Crippen LogP contribution in [0.3, 0.4) is 0 Å². The van der Waals surface area contributed by atoms with Gasteiger partial charge in [0.1, 0.15) is 0 Å². The summed E-state index contributed by atoms with van der Waals surface area (Å²) < 4.78 is 0. The van der Waals surface area contributed by atoms with E-state index in [9.17, 15) is 9.59 Å². The number of carbonyl (C=O) groups excluding carboxylic acids is 2. The smallest absolute Gasteiger partial charge is 0.311 e. The molecule has 2 amide bonds. The van der Waals surface area contributed by atoms with Crippen LogP contribution in [0.1, 0.15) is 20.3 Å². The lowest BCUT2D eigenvalue weighted by Gasteiger charge is -2.34. The van der Waals surface area contributed by atoms with Gasteiger partial charge < -0.3 is 16.0 Å². The van der Waals surface area contributed by atoms with Gasteiger partial charge in [0, 0.05) is 45.3 Å². The van der Waals surface area contributed by atoms with Gasteiger partial charge >= 0.3 is 11.8 Å². The lowest BCUT2D eigenvalue weighted by atomic mass is 10.2. The monoisotopic (exact) mass is 256 g/mol. The Hall–Kier alpha value is -1.14. The van der Waals surface area contributed by atoms with Crippen LogP contribution in [0.15, 0.2) is 0 Å². The molecule has 6 heteroatoms. The molecule has 1 aliphatic rings. The standard InChI is InChI=1S/C12H24N4O2/c1-3-10(2)14-11(17)12(18)16-8-6-15(5-4-13)7-9-16/h10H,3-9,13H2,1-2H3,(H,14,17). The molecular formula is C12H24N4O2. The first-order chi connectivity index (χ1) is 8.58. The van der Waals surface area contributed by atoms with E-state index in [0.717, 1.165) is 26.1 Å². The van der Waals surface area contributed by atoms with Gasteiger partial charge in [0.2, 0.25) is 0 Å². The fourth-order valence-electron chi connectivity index (χ4n) is 1.89. The van der Waals surface area contributed by atoms with Gasteiger partial charge in [0.05, 0.1) is 0 Å². The molecule has 18 heavy (non-hydrogen) atoms. The summed E-state index contributed by atoms with van der Waals surface area (Å²) in [7, 11) is 0. The van der Waals surface area contributed by atoms with Crippen molar-refractivity contribution in [3.63, 3.8) is 0 Å². The van der Waals surface area contributed by atoms with Crippen molar-refractivity contribution in [1.82, 2.24) is 15.1 Å². The van der Waals surface area contributed by atoms with Crippen molar-refractivity contribution in [2.45, 2.75) is 26.3 Å². The Morgan fingerprint density at radius 3 is 2.39 bits per heavy atom. The Balaban J connectivity index is 2.37. The Bertz CT molecular complexity index is 288. The number of amides is 2. The lowest BCUT2D eigenvalue weighted by Crippen LogP contribution is -2.54. The summed E-state index contributed by atoms with van der Waals surface area (Å²) in [4.78, 5) is 27.4. The minimum atomic E-state index is -0.489. The molecule has 0 aromatic rings. The van der Waals surface area contributed by atoms with Crippen LogP contribution in [-0.2, 0) is 9.59 Å². The van der Waals surface area contributed by atoms with Crippen LogP contribution in [0.2, 0.25) is 0 Å². The second-order valence-electron chi connectivity index (χ2n) is 4.71. The average Bonchev–Trinajstić information content (AvgIpc) is 2.39. The van der Waals surface area contributed by atoms with Crippen molar-refractivity contribution in [2.24, 2.45) is 5.73 Å². The second-order valence-corrected chi connectivity index (χ2v) is 4.71. The zero-order chi connectivity index (χ0) is 13.5. The fraction of sp³-hybridized carbons (Fsp3) is 0.833. The van der Waals surface area contributed by atoms with Gasteiger partial charge in [-0.05, 0) is 13.3 Å². The number of hydrogen-bond acceptors (Lipinski definition) is 4. The van der Waals surface area contributed by atoms with E-state index in [2.05, 4.69) is 10.2 Å². The van der Waals surface area contributed by atoms with Crippen LogP contribution < -0.4 is 11.1 Å². The molecule has 6 nitrogen and oxygen atoms in total. The summed E-state index contributed by atoms with van der Waals surface area (Å²) in [6.07, 6.45) is 0.823. The Labute approximate surface area is 108 Å². The largest absolute Gasteiger partial charge is 0.345 e. The van der Waals surface area contributed by atoms with Crippen molar-refractivity contribution in [3.8, 4) is 0 Å². The minimum Gasteiger partial charge on any atom is -0.345 e. The zero-order valence-corrected chi connectivity index (χ0v) is 11.3. The Kier molecular flexibility index (Phi) is 6.07. The van der Waals surface area contributed by atoms with E-state index in [1.165, 1.54) is 0 Å². The topological polar surface area (TPSA) is 78.7 Å². The summed E-state index contributed by atoms with van der Waals surface area (Å²) in [6, 6.07) is 0.0416. The van der Waals surface area contributed by atoms with Gasteiger partial charge in [-0.1, -0.05) is 6.92 Å². The summed E-state index contributed by atoms with van der Waals surface area (Å²) in [5.74, 6) is -0.903. The van der Waals surface area contributed by atoms with Crippen molar-refractivity contribution >= 4 is 11.8 Å². The van der Waals surface area contributed by atoms with Crippen molar-refractivity contribution in [1.29, 1.82) is 0 Å². The number of rotatable bonds is 4. The van der Waals surface area contributed by atoms with E-state index < -0.39 is 11.8 Å². The van der Waals surface area contributed by atoms with E-state index in [4.69, 9.17) is 5.73 Å². The van der Waals surface area contributed by atoms with Gasteiger partial charge in [-0.3, -0.25) is 14.5 Å². The first kappa shape index (κ1) is 14.9. The van der Waals surface area contributed by atoms with Gasteiger partial charge in [-0.2, -0.15) is 0 Å². The first-order valence-corrected chi connectivity index (χ1v) is 6.60. The number of hydrogen-bond donors (Lipinski definition) is 2. The molecule has 1 unspecified atom stereocenters. The zero-order valence-electron chi connectivity index (χ0n) is 11.3. The molecule has 0 aromatic carbocycles. The van der Waals surface area contributed by atoms with Gasteiger partial charge in [-0.15, -0.1) is 0 Å². The second kappa shape index (κ2) is 7.33. The molecule has 0 spiro atoms. The third-order valence-electron chi connectivity index (χ3n) is 3.29. The van der Waals surface area contributed by atoms with Gasteiger partial charge in [-0.25, -0.2) is 0 Å². The molecule has 1 rings (SSSR count). The van der Waals surface area contributed by atoms with E-state index in [1.807, 2.05) is 13.8 Å². The predicted octanol–water partition coefficient (Wildman–Crippen LogP) is -0.996. The Morgan fingerprint density at radius 1 is 1.28 bits per heavy atom. The van der Waals surface area contributed by atoms with Crippen LogP contribution in [0.4, 0.5) is 0 Å². The van der Waals surface area contributed by atoms with Gasteiger partial charge in [0.15, 0.2) is 0 Å². The number of nitrogens with two attached hydrogens (primary N) is 1. The first-order valence-electron chi connectivity index (χ1n) is 6.60. The molecule has 104 valence electrons. The maximum Gasteiger partial charge on any atom is 0.311 e. The van der Waals surface area contributed by atoms with Crippen LogP contribution in [0.5, 0.6) is 0 Å². The third-order valence-corrected chi connectivity index (χ3v) is 3.29. The molecule has 1 heterocycles.